The van der Waals surface area contributed by atoms with E-state index in [-0.39, 0.29) is 17.9 Å². The highest BCUT2D eigenvalue weighted by atomic mass is 19.1. The number of amides is 2. The summed E-state index contributed by atoms with van der Waals surface area (Å²) in [5.74, 6) is -0.207. The molecule has 2 amide bonds. The average Bonchev–Trinajstić information content (AvgIpc) is 2.72. The van der Waals surface area contributed by atoms with Crippen LogP contribution < -0.4 is 10.6 Å². The Hall–Kier alpha value is -2.40. The maximum absolute atomic E-state index is 13.2. The molecule has 0 spiro atoms. The van der Waals surface area contributed by atoms with Crippen LogP contribution in [0.25, 0.3) is 0 Å². The molecule has 0 heterocycles. The number of rotatable bonds is 11. The molecule has 0 radical (unpaired) electrons. The van der Waals surface area contributed by atoms with Crippen LogP contribution in [0.5, 0.6) is 0 Å². The Morgan fingerprint density at radius 2 is 1.68 bits per heavy atom. The summed E-state index contributed by atoms with van der Waals surface area (Å²) in [5, 5.41) is 5.80. The van der Waals surface area contributed by atoms with Gasteiger partial charge >= 0.3 is 6.03 Å². The lowest BCUT2D eigenvalue weighted by Gasteiger charge is -2.29. The van der Waals surface area contributed by atoms with E-state index in [1.54, 1.807) is 0 Å². The van der Waals surface area contributed by atoms with E-state index in [0.717, 1.165) is 43.5 Å². The SMILES string of the molecule is CCCCN(CCCNC(=O)NCc1ccccc1)C(C)c1ccc(F)cc1. The van der Waals surface area contributed by atoms with Crippen molar-refractivity contribution in [3.8, 4) is 0 Å². The smallest absolute Gasteiger partial charge is 0.315 e. The summed E-state index contributed by atoms with van der Waals surface area (Å²) < 4.78 is 13.2. The minimum absolute atomic E-state index is 0.143. The average molecular weight is 386 g/mol. The van der Waals surface area contributed by atoms with Crippen LogP contribution in [0, 0.1) is 5.82 Å². The fourth-order valence-electron chi connectivity index (χ4n) is 3.14. The number of benzene rings is 2. The van der Waals surface area contributed by atoms with Crippen molar-refractivity contribution < 1.29 is 9.18 Å². The van der Waals surface area contributed by atoms with Crippen molar-refractivity contribution in [1.82, 2.24) is 15.5 Å². The molecule has 0 fully saturated rings. The van der Waals surface area contributed by atoms with Gasteiger partial charge in [0, 0.05) is 25.7 Å². The van der Waals surface area contributed by atoms with Crippen molar-refractivity contribution in [1.29, 1.82) is 0 Å². The van der Waals surface area contributed by atoms with Crippen LogP contribution >= 0.6 is 0 Å². The van der Waals surface area contributed by atoms with Crippen molar-refractivity contribution in [2.75, 3.05) is 19.6 Å². The van der Waals surface area contributed by atoms with Gasteiger partial charge in [0.05, 0.1) is 0 Å². The number of halogens is 1. The first-order chi connectivity index (χ1) is 13.6. The van der Waals surface area contributed by atoms with Crippen LogP contribution in [0.2, 0.25) is 0 Å². The van der Waals surface area contributed by atoms with E-state index in [1.165, 1.54) is 12.1 Å². The van der Waals surface area contributed by atoms with Crippen molar-refractivity contribution in [3.63, 3.8) is 0 Å². The van der Waals surface area contributed by atoms with Gasteiger partial charge in [-0.2, -0.15) is 0 Å². The number of carbonyl (C=O) groups excluding carboxylic acids is 1. The second-order valence-corrected chi connectivity index (χ2v) is 7.07. The van der Waals surface area contributed by atoms with Crippen molar-refractivity contribution in [2.24, 2.45) is 0 Å². The quantitative estimate of drug-likeness (QED) is 0.542. The standard InChI is InChI=1S/C23H32FN3O/c1-3-4-16-27(19(2)21-11-13-22(24)14-12-21)17-8-15-25-23(28)26-18-20-9-6-5-7-10-20/h5-7,9-14,19H,3-4,8,15-18H2,1-2H3,(H2,25,26,28). The first kappa shape index (κ1) is 21.9. The molecule has 2 rings (SSSR count). The molecule has 4 nitrogen and oxygen atoms in total. The van der Waals surface area contributed by atoms with Crippen LogP contribution in [0.1, 0.15) is 50.3 Å². The highest BCUT2D eigenvalue weighted by Gasteiger charge is 2.15. The van der Waals surface area contributed by atoms with E-state index in [9.17, 15) is 9.18 Å². The number of carbonyl (C=O) groups is 1. The molecule has 1 atom stereocenters. The van der Waals surface area contributed by atoms with Gasteiger partial charge in [-0.3, -0.25) is 4.90 Å². The van der Waals surface area contributed by atoms with E-state index in [4.69, 9.17) is 0 Å². The van der Waals surface area contributed by atoms with Crippen molar-refractivity contribution >= 4 is 6.03 Å². The lowest BCUT2D eigenvalue weighted by atomic mass is 10.1. The predicted molar refractivity (Wildman–Crippen MR) is 113 cm³/mol. The van der Waals surface area contributed by atoms with Gasteiger partial charge in [-0.1, -0.05) is 55.8 Å². The maximum atomic E-state index is 13.2. The molecule has 0 aromatic heterocycles. The lowest BCUT2D eigenvalue weighted by Crippen LogP contribution is -2.37. The van der Waals surface area contributed by atoms with Gasteiger partial charge in [-0.25, -0.2) is 9.18 Å². The van der Waals surface area contributed by atoms with Crippen LogP contribution in [0.3, 0.4) is 0 Å². The van der Waals surface area contributed by atoms with Gasteiger partial charge in [-0.05, 0) is 49.6 Å². The fraction of sp³-hybridized carbons (Fsp3) is 0.435. The highest BCUT2D eigenvalue weighted by molar-refractivity contribution is 5.73. The zero-order chi connectivity index (χ0) is 20.2. The third-order valence-electron chi connectivity index (χ3n) is 4.90. The molecule has 152 valence electrons. The molecule has 2 aromatic carbocycles. The summed E-state index contributed by atoms with van der Waals surface area (Å²) in [6.45, 7) is 7.37. The topological polar surface area (TPSA) is 44.4 Å². The summed E-state index contributed by atoms with van der Waals surface area (Å²) >= 11 is 0. The molecular formula is C23H32FN3O. The minimum atomic E-state index is -0.207. The van der Waals surface area contributed by atoms with Crippen LogP contribution in [-0.4, -0.2) is 30.6 Å². The van der Waals surface area contributed by atoms with Crippen LogP contribution in [0.15, 0.2) is 54.6 Å². The van der Waals surface area contributed by atoms with Gasteiger partial charge in [0.2, 0.25) is 0 Å². The van der Waals surface area contributed by atoms with E-state index < -0.39 is 0 Å². The lowest BCUT2D eigenvalue weighted by molar-refractivity contribution is 0.203. The molecule has 28 heavy (non-hydrogen) atoms. The number of nitrogens with zero attached hydrogens (tertiary/aromatic N) is 1. The first-order valence-electron chi connectivity index (χ1n) is 10.1. The van der Waals surface area contributed by atoms with E-state index >= 15 is 0 Å². The van der Waals surface area contributed by atoms with Gasteiger partial charge in [0.1, 0.15) is 5.82 Å². The summed E-state index contributed by atoms with van der Waals surface area (Å²) in [7, 11) is 0. The second-order valence-electron chi connectivity index (χ2n) is 7.07. The van der Waals surface area contributed by atoms with E-state index in [2.05, 4.69) is 29.4 Å². The third kappa shape index (κ3) is 7.69. The van der Waals surface area contributed by atoms with Crippen molar-refractivity contribution in [3.05, 3.63) is 71.5 Å². The first-order valence-corrected chi connectivity index (χ1v) is 10.1. The summed E-state index contributed by atoms with van der Waals surface area (Å²) in [5.41, 5.74) is 2.20. The van der Waals surface area contributed by atoms with E-state index in [1.807, 2.05) is 42.5 Å². The molecule has 0 aliphatic rings. The number of unbranched alkanes of at least 4 members (excludes halogenated alkanes) is 1. The Bertz CT molecular complexity index is 691. The Balaban J connectivity index is 1.74. The molecule has 0 saturated carbocycles. The Morgan fingerprint density at radius 3 is 2.36 bits per heavy atom. The normalized spacial score (nSPS) is 12.0. The van der Waals surface area contributed by atoms with Crippen LogP contribution in [0.4, 0.5) is 9.18 Å². The summed E-state index contributed by atoms with van der Waals surface area (Å²) in [6, 6.07) is 16.7. The number of urea groups is 1. The molecule has 0 aliphatic heterocycles. The van der Waals surface area contributed by atoms with Gasteiger partial charge in [-0.15, -0.1) is 0 Å². The second kappa shape index (κ2) is 12.1. The molecule has 1 unspecified atom stereocenters. The monoisotopic (exact) mass is 385 g/mol. The molecule has 2 N–H and O–H groups in total. The van der Waals surface area contributed by atoms with Crippen molar-refractivity contribution in [2.45, 2.75) is 45.7 Å². The number of nitrogens with one attached hydrogen (secondary N) is 2. The Morgan fingerprint density at radius 1 is 1.00 bits per heavy atom. The number of hydrogen-bond donors (Lipinski definition) is 2. The molecule has 0 saturated heterocycles. The zero-order valence-electron chi connectivity index (χ0n) is 17.0. The molecule has 0 bridgehead atoms. The highest BCUT2D eigenvalue weighted by Crippen LogP contribution is 2.21. The Labute approximate surface area is 168 Å². The van der Waals surface area contributed by atoms with Crippen LogP contribution in [-0.2, 0) is 6.54 Å². The summed E-state index contributed by atoms with van der Waals surface area (Å²) in [4.78, 5) is 14.4. The molecule has 5 heteroatoms. The maximum Gasteiger partial charge on any atom is 0.315 e. The molecule has 0 aliphatic carbocycles. The largest absolute Gasteiger partial charge is 0.338 e. The van der Waals surface area contributed by atoms with Gasteiger partial charge in [0.25, 0.3) is 0 Å². The molecular weight excluding hydrogens is 353 g/mol. The van der Waals surface area contributed by atoms with E-state index in [0.29, 0.717) is 13.1 Å². The molecule has 2 aromatic rings. The zero-order valence-corrected chi connectivity index (χ0v) is 17.0. The Kier molecular flexibility index (Phi) is 9.49. The third-order valence-corrected chi connectivity index (χ3v) is 4.90. The predicted octanol–water partition coefficient (Wildman–Crippen LogP) is 4.88. The van der Waals surface area contributed by atoms with Gasteiger partial charge < -0.3 is 10.6 Å². The fourth-order valence-corrected chi connectivity index (χ4v) is 3.14. The minimum Gasteiger partial charge on any atom is -0.338 e. The number of hydrogen-bond acceptors (Lipinski definition) is 2. The summed E-state index contributed by atoms with van der Waals surface area (Å²) in [6.07, 6.45) is 3.12. The van der Waals surface area contributed by atoms with Gasteiger partial charge in [0.15, 0.2) is 0 Å².